The van der Waals surface area contributed by atoms with Crippen LogP contribution in [0.25, 0.3) is 0 Å². The Morgan fingerprint density at radius 1 is 1.14 bits per heavy atom. The lowest BCUT2D eigenvalue weighted by Gasteiger charge is -2.38. The van der Waals surface area contributed by atoms with E-state index < -0.39 is 0 Å². The summed E-state index contributed by atoms with van der Waals surface area (Å²) in [5, 5.41) is 3.77. The normalized spacial score (nSPS) is 28.3. The van der Waals surface area contributed by atoms with E-state index in [1.54, 1.807) is 0 Å². The standard InChI is InChI=1S/C19H30N2/c1-4-10-21(13-16-7-5-6-14(2)15(16)3)19-11-17-8-9-18(12-19)20-17/h5-7,17-20H,4,8-13H2,1-3H3. The lowest BCUT2D eigenvalue weighted by atomic mass is 9.96. The zero-order valence-electron chi connectivity index (χ0n) is 13.9. The summed E-state index contributed by atoms with van der Waals surface area (Å²) in [6.45, 7) is 9.18. The van der Waals surface area contributed by atoms with Crippen molar-refractivity contribution in [2.24, 2.45) is 0 Å². The van der Waals surface area contributed by atoms with Gasteiger partial charge in [0.05, 0.1) is 0 Å². The molecular formula is C19H30N2. The van der Waals surface area contributed by atoms with Gasteiger partial charge in [-0.3, -0.25) is 4.90 Å². The molecule has 2 aliphatic rings. The van der Waals surface area contributed by atoms with Crippen LogP contribution in [-0.2, 0) is 6.54 Å². The van der Waals surface area contributed by atoms with Gasteiger partial charge < -0.3 is 5.32 Å². The van der Waals surface area contributed by atoms with E-state index in [2.05, 4.69) is 49.2 Å². The predicted octanol–water partition coefficient (Wildman–Crippen LogP) is 3.80. The monoisotopic (exact) mass is 286 g/mol. The van der Waals surface area contributed by atoms with E-state index in [4.69, 9.17) is 0 Å². The van der Waals surface area contributed by atoms with E-state index in [9.17, 15) is 0 Å². The maximum Gasteiger partial charge on any atom is 0.0239 e. The number of nitrogens with one attached hydrogen (secondary N) is 1. The fraction of sp³-hybridized carbons (Fsp3) is 0.684. The van der Waals surface area contributed by atoms with Gasteiger partial charge in [-0.15, -0.1) is 0 Å². The predicted molar refractivity (Wildman–Crippen MR) is 89.6 cm³/mol. The Balaban J connectivity index is 1.73. The molecule has 0 spiro atoms. The molecule has 21 heavy (non-hydrogen) atoms. The van der Waals surface area contributed by atoms with E-state index in [1.165, 1.54) is 55.3 Å². The minimum Gasteiger partial charge on any atom is -0.311 e. The number of hydrogen-bond acceptors (Lipinski definition) is 2. The van der Waals surface area contributed by atoms with Crippen LogP contribution in [0.15, 0.2) is 18.2 Å². The Bertz CT molecular complexity index is 470. The van der Waals surface area contributed by atoms with Crippen molar-refractivity contribution in [3.8, 4) is 0 Å². The van der Waals surface area contributed by atoms with Crippen LogP contribution < -0.4 is 5.32 Å². The van der Waals surface area contributed by atoms with Gasteiger partial charge >= 0.3 is 0 Å². The molecule has 2 aliphatic heterocycles. The van der Waals surface area contributed by atoms with Gasteiger partial charge in [0.2, 0.25) is 0 Å². The first kappa shape index (κ1) is 15.1. The number of hydrogen-bond donors (Lipinski definition) is 1. The molecule has 2 nitrogen and oxygen atoms in total. The third kappa shape index (κ3) is 3.32. The zero-order valence-corrected chi connectivity index (χ0v) is 13.9. The molecule has 1 N–H and O–H groups in total. The van der Waals surface area contributed by atoms with E-state index in [1.807, 2.05) is 0 Å². The van der Waals surface area contributed by atoms with Gasteiger partial charge in [0.1, 0.15) is 0 Å². The fourth-order valence-electron chi connectivity index (χ4n) is 4.21. The topological polar surface area (TPSA) is 15.3 Å². The second-order valence-corrected chi connectivity index (χ2v) is 7.09. The molecule has 1 aromatic carbocycles. The van der Waals surface area contributed by atoms with Crippen molar-refractivity contribution in [3.63, 3.8) is 0 Å². The Kier molecular flexibility index (Phi) is 4.66. The van der Waals surface area contributed by atoms with E-state index >= 15 is 0 Å². The Hall–Kier alpha value is -0.860. The smallest absolute Gasteiger partial charge is 0.0239 e. The average molecular weight is 286 g/mol. The summed E-state index contributed by atoms with van der Waals surface area (Å²) < 4.78 is 0. The van der Waals surface area contributed by atoms with E-state index in [0.29, 0.717) is 0 Å². The summed E-state index contributed by atoms with van der Waals surface area (Å²) in [6, 6.07) is 9.12. The van der Waals surface area contributed by atoms with Gasteiger partial charge in [-0.2, -0.15) is 0 Å². The van der Waals surface area contributed by atoms with Crippen LogP contribution >= 0.6 is 0 Å². The average Bonchev–Trinajstić information content (AvgIpc) is 2.81. The molecule has 0 amide bonds. The molecular weight excluding hydrogens is 256 g/mol. The SMILES string of the molecule is CCCN(Cc1cccc(C)c1C)C1CC2CCC(C1)N2. The van der Waals surface area contributed by atoms with Crippen LogP contribution in [0.1, 0.15) is 55.7 Å². The van der Waals surface area contributed by atoms with Crippen LogP contribution in [0.2, 0.25) is 0 Å². The highest BCUT2D eigenvalue weighted by Gasteiger charge is 2.35. The molecule has 0 aliphatic carbocycles. The number of benzene rings is 1. The van der Waals surface area contributed by atoms with Crippen LogP contribution in [0.4, 0.5) is 0 Å². The number of piperidine rings is 1. The lowest BCUT2D eigenvalue weighted by molar-refractivity contribution is 0.133. The largest absolute Gasteiger partial charge is 0.311 e. The molecule has 1 aromatic rings. The highest BCUT2D eigenvalue weighted by atomic mass is 15.2. The van der Waals surface area contributed by atoms with E-state index in [0.717, 1.165) is 24.7 Å². The first-order chi connectivity index (χ1) is 10.2. The van der Waals surface area contributed by atoms with Crippen molar-refractivity contribution in [1.29, 1.82) is 0 Å². The fourth-order valence-corrected chi connectivity index (χ4v) is 4.21. The van der Waals surface area contributed by atoms with Crippen molar-refractivity contribution in [2.75, 3.05) is 6.54 Å². The first-order valence-electron chi connectivity index (χ1n) is 8.72. The third-order valence-corrected chi connectivity index (χ3v) is 5.57. The molecule has 116 valence electrons. The van der Waals surface area contributed by atoms with E-state index in [-0.39, 0.29) is 0 Å². The molecule has 0 saturated carbocycles. The van der Waals surface area contributed by atoms with Crippen molar-refractivity contribution in [3.05, 3.63) is 34.9 Å². The van der Waals surface area contributed by atoms with Gasteiger partial charge in [-0.1, -0.05) is 25.1 Å². The molecule has 0 aromatic heterocycles. The summed E-state index contributed by atoms with van der Waals surface area (Å²) in [7, 11) is 0. The lowest BCUT2D eigenvalue weighted by Crippen LogP contribution is -2.48. The second-order valence-electron chi connectivity index (χ2n) is 7.09. The summed E-state index contributed by atoms with van der Waals surface area (Å²) >= 11 is 0. The van der Waals surface area contributed by atoms with Gasteiger partial charge in [0, 0.05) is 24.7 Å². The third-order valence-electron chi connectivity index (χ3n) is 5.57. The molecule has 2 atom stereocenters. The molecule has 2 saturated heterocycles. The Labute approximate surface area is 129 Å². The highest BCUT2D eigenvalue weighted by Crippen LogP contribution is 2.31. The minimum absolute atomic E-state index is 0.781. The molecule has 2 fully saturated rings. The summed E-state index contributed by atoms with van der Waals surface area (Å²) in [4.78, 5) is 2.76. The molecule has 2 bridgehead atoms. The van der Waals surface area contributed by atoms with Gasteiger partial charge in [-0.05, 0) is 69.2 Å². The quantitative estimate of drug-likeness (QED) is 0.885. The van der Waals surface area contributed by atoms with Crippen molar-refractivity contribution >= 4 is 0 Å². The van der Waals surface area contributed by atoms with Crippen LogP contribution in [-0.4, -0.2) is 29.6 Å². The molecule has 2 unspecified atom stereocenters. The summed E-state index contributed by atoms with van der Waals surface area (Å²) in [6.07, 6.45) is 6.74. The van der Waals surface area contributed by atoms with Crippen LogP contribution in [0.3, 0.4) is 0 Å². The first-order valence-corrected chi connectivity index (χ1v) is 8.72. The second kappa shape index (κ2) is 6.50. The zero-order chi connectivity index (χ0) is 14.8. The molecule has 3 rings (SSSR count). The number of nitrogens with zero attached hydrogens (tertiary/aromatic N) is 1. The Morgan fingerprint density at radius 3 is 2.52 bits per heavy atom. The molecule has 2 heterocycles. The van der Waals surface area contributed by atoms with Gasteiger partial charge in [0.25, 0.3) is 0 Å². The minimum atomic E-state index is 0.781. The molecule has 2 heteroatoms. The van der Waals surface area contributed by atoms with Crippen LogP contribution in [0, 0.1) is 13.8 Å². The Morgan fingerprint density at radius 2 is 1.86 bits per heavy atom. The van der Waals surface area contributed by atoms with Gasteiger partial charge in [0.15, 0.2) is 0 Å². The molecule has 0 radical (unpaired) electrons. The highest BCUT2D eigenvalue weighted by molar-refractivity contribution is 5.33. The van der Waals surface area contributed by atoms with Crippen molar-refractivity contribution in [1.82, 2.24) is 10.2 Å². The van der Waals surface area contributed by atoms with Crippen molar-refractivity contribution < 1.29 is 0 Å². The van der Waals surface area contributed by atoms with Crippen LogP contribution in [0.5, 0.6) is 0 Å². The van der Waals surface area contributed by atoms with Gasteiger partial charge in [-0.25, -0.2) is 0 Å². The number of fused-ring (bicyclic) bond motifs is 2. The maximum absolute atomic E-state index is 3.77. The summed E-state index contributed by atoms with van der Waals surface area (Å²) in [5.74, 6) is 0. The maximum atomic E-state index is 3.77. The summed E-state index contributed by atoms with van der Waals surface area (Å²) in [5.41, 5.74) is 4.43. The number of aryl methyl sites for hydroxylation is 1. The number of rotatable bonds is 5. The van der Waals surface area contributed by atoms with Crippen molar-refractivity contribution in [2.45, 2.75) is 77.5 Å².